The lowest BCUT2D eigenvalue weighted by Crippen LogP contribution is -1.90. The van der Waals surface area contributed by atoms with Gasteiger partial charge in [-0.3, -0.25) is 0 Å². The molecule has 0 bridgehead atoms. The van der Waals surface area contributed by atoms with Gasteiger partial charge in [0.2, 0.25) is 0 Å². The first kappa shape index (κ1) is 9.90. The topological polar surface area (TPSA) is 21.6 Å². The lowest BCUT2D eigenvalue weighted by molar-refractivity contribution is 0.414. The molecule has 0 spiro atoms. The zero-order valence-corrected chi connectivity index (χ0v) is 8.47. The minimum Gasteiger partial charge on any atom is -0.497 e. The molecule has 0 aliphatic heterocycles. The maximum atomic E-state index is 5.10. The van der Waals surface area contributed by atoms with Crippen LogP contribution in [-0.4, -0.2) is 12.3 Å². The number of hydrogen-bond donors (Lipinski definition) is 0. The van der Waals surface area contributed by atoms with E-state index in [1.807, 2.05) is 31.2 Å². The summed E-state index contributed by atoms with van der Waals surface area (Å²) in [4.78, 5) is 3.98. The van der Waals surface area contributed by atoms with Crippen molar-refractivity contribution in [1.82, 2.24) is 0 Å². The Morgan fingerprint density at radius 3 is 2.92 bits per heavy atom. The second-order valence-corrected chi connectivity index (χ2v) is 2.86. The molecular weight excluding hydrogens is 182 g/mol. The van der Waals surface area contributed by atoms with Crippen LogP contribution in [0, 0.1) is 0 Å². The minimum atomic E-state index is 0.0487. The zero-order chi connectivity index (χ0) is 9.68. The first-order valence-electron chi connectivity index (χ1n) is 3.99. The predicted octanol–water partition coefficient (Wildman–Crippen LogP) is 2.86. The molecule has 1 rings (SSSR count). The number of methoxy groups -OCH3 is 1. The largest absolute Gasteiger partial charge is 0.497 e. The van der Waals surface area contributed by atoms with Crippen LogP contribution in [0.2, 0.25) is 0 Å². The third-order valence-corrected chi connectivity index (χ3v) is 1.93. The van der Waals surface area contributed by atoms with Gasteiger partial charge in [-0.25, -0.2) is 4.99 Å². The standard InChI is InChI=1S/C10H11NOS/c1-8(11-7-13)9-4-3-5-10(6-9)12-2/h3-6,8H,1-2H3/t8-/m1/s1. The van der Waals surface area contributed by atoms with E-state index in [-0.39, 0.29) is 6.04 Å². The van der Waals surface area contributed by atoms with E-state index in [0.717, 1.165) is 11.3 Å². The van der Waals surface area contributed by atoms with Gasteiger partial charge in [-0.15, -0.1) is 0 Å². The minimum absolute atomic E-state index is 0.0487. The van der Waals surface area contributed by atoms with E-state index in [0.29, 0.717) is 0 Å². The van der Waals surface area contributed by atoms with Crippen LogP contribution >= 0.6 is 12.2 Å². The van der Waals surface area contributed by atoms with Gasteiger partial charge < -0.3 is 4.74 Å². The molecule has 0 aromatic heterocycles. The highest BCUT2D eigenvalue weighted by atomic mass is 32.1. The summed E-state index contributed by atoms with van der Waals surface area (Å²) in [7, 11) is 1.65. The first-order chi connectivity index (χ1) is 6.27. The molecule has 0 N–H and O–H groups in total. The third kappa shape index (κ3) is 2.65. The number of benzene rings is 1. The molecule has 0 aliphatic rings. The van der Waals surface area contributed by atoms with Gasteiger partial charge in [-0.2, -0.15) is 0 Å². The Labute approximate surface area is 83.3 Å². The molecule has 13 heavy (non-hydrogen) atoms. The number of thiocarbonyl (C=S) groups is 1. The Hall–Kier alpha value is -1.18. The van der Waals surface area contributed by atoms with Crippen LogP contribution in [0.1, 0.15) is 18.5 Å². The van der Waals surface area contributed by atoms with Crippen molar-refractivity contribution in [1.29, 1.82) is 0 Å². The maximum absolute atomic E-state index is 5.10. The van der Waals surface area contributed by atoms with E-state index in [2.05, 4.69) is 22.4 Å². The van der Waals surface area contributed by atoms with Crippen LogP contribution in [0.4, 0.5) is 0 Å². The molecule has 3 heteroatoms. The van der Waals surface area contributed by atoms with E-state index < -0.39 is 0 Å². The van der Waals surface area contributed by atoms with Gasteiger partial charge in [0.15, 0.2) is 0 Å². The Bertz CT molecular complexity index is 331. The average Bonchev–Trinajstić information content (AvgIpc) is 2.18. The van der Waals surface area contributed by atoms with Crippen molar-refractivity contribution in [3.63, 3.8) is 0 Å². The monoisotopic (exact) mass is 193 g/mol. The van der Waals surface area contributed by atoms with Crippen molar-refractivity contribution in [3.05, 3.63) is 29.8 Å². The van der Waals surface area contributed by atoms with Crippen molar-refractivity contribution in [2.75, 3.05) is 7.11 Å². The average molecular weight is 193 g/mol. The molecule has 0 unspecified atom stereocenters. The normalized spacial score (nSPS) is 11.5. The summed E-state index contributed by atoms with van der Waals surface area (Å²) in [6, 6.07) is 7.82. The zero-order valence-electron chi connectivity index (χ0n) is 7.65. The molecule has 0 radical (unpaired) electrons. The van der Waals surface area contributed by atoms with Crippen LogP contribution in [0.5, 0.6) is 5.75 Å². The van der Waals surface area contributed by atoms with E-state index in [1.165, 1.54) is 0 Å². The highest BCUT2D eigenvalue weighted by Gasteiger charge is 2.02. The van der Waals surface area contributed by atoms with Gasteiger partial charge in [0.1, 0.15) is 5.75 Å². The van der Waals surface area contributed by atoms with Crippen LogP contribution in [-0.2, 0) is 0 Å². The van der Waals surface area contributed by atoms with Crippen molar-refractivity contribution < 1.29 is 4.74 Å². The molecular formula is C10H11NOS. The van der Waals surface area contributed by atoms with Gasteiger partial charge in [-0.1, -0.05) is 12.1 Å². The smallest absolute Gasteiger partial charge is 0.119 e. The summed E-state index contributed by atoms with van der Waals surface area (Å²) in [5.41, 5.74) is 1.08. The highest BCUT2D eigenvalue weighted by Crippen LogP contribution is 2.20. The Morgan fingerprint density at radius 1 is 1.54 bits per heavy atom. The lowest BCUT2D eigenvalue weighted by atomic mass is 10.1. The van der Waals surface area contributed by atoms with E-state index >= 15 is 0 Å². The fourth-order valence-electron chi connectivity index (χ4n) is 1.05. The van der Waals surface area contributed by atoms with Crippen LogP contribution in [0.25, 0.3) is 0 Å². The quantitative estimate of drug-likeness (QED) is 0.544. The van der Waals surface area contributed by atoms with Gasteiger partial charge in [-0.05, 0) is 36.8 Å². The maximum Gasteiger partial charge on any atom is 0.119 e. The summed E-state index contributed by atoms with van der Waals surface area (Å²) in [6.45, 7) is 1.97. The van der Waals surface area contributed by atoms with Gasteiger partial charge in [0.25, 0.3) is 0 Å². The van der Waals surface area contributed by atoms with Crippen molar-refractivity contribution in [3.8, 4) is 5.75 Å². The first-order valence-corrected chi connectivity index (χ1v) is 4.39. The van der Waals surface area contributed by atoms with E-state index in [4.69, 9.17) is 4.74 Å². The fraction of sp³-hybridized carbons (Fsp3) is 0.300. The van der Waals surface area contributed by atoms with Crippen molar-refractivity contribution in [2.24, 2.45) is 4.99 Å². The summed E-state index contributed by atoms with van der Waals surface area (Å²) < 4.78 is 5.10. The molecule has 1 aromatic carbocycles. The van der Waals surface area contributed by atoms with Crippen LogP contribution < -0.4 is 4.74 Å². The molecule has 0 amide bonds. The summed E-state index contributed by atoms with van der Waals surface area (Å²) in [5.74, 6) is 0.837. The molecule has 2 nitrogen and oxygen atoms in total. The van der Waals surface area contributed by atoms with Crippen molar-refractivity contribution >= 4 is 17.4 Å². The van der Waals surface area contributed by atoms with Gasteiger partial charge in [0.05, 0.1) is 18.3 Å². The van der Waals surface area contributed by atoms with Gasteiger partial charge >= 0.3 is 0 Å². The summed E-state index contributed by atoms with van der Waals surface area (Å²) >= 11 is 4.54. The van der Waals surface area contributed by atoms with Gasteiger partial charge in [0, 0.05) is 0 Å². The van der Waals surface area contributed by atoms with E-state index in [9.17, 15) is 0 Å². The lowest BCUT2D eigenvalue weighted by Gasteiger charge is -2.06. The van der Waals surface area contributed by atoms with Crippen LogP contribution in [0.3, 0.4) is 0 Å². The predicted molar refractivity (Wildman–Crippen MR) is 56.4 cm³/mol. The molecule has 0 saturated heterocycles. The number of ether oxygens (including phenoxy) is 1. The van der Waals surface area contributed by atoms with E-state index in [1.54, 1.807) is 7.11 Å². The summed E-state index contributed by atoms with van der Waals surface area (Å²) in [6.07, 6.45) is 0. The Morgan fingerprint density at radius 2 is 2.31 bits per heavy atom. The molecule has 68 valence electrons. The number of nitrogens with zero attached hydrogens (tertiary/aromatic N) is 1. The number of isothiocyanates is 1. The number of aliphatic imine (C=N–C) groups is 1. The molecule has 0 fully saturated rings. The SMILES string of the molecule is COc1cccc([C@@H](C)N=C=S)c1. The highest BCUT2D eigenvalue weighted by molar-refractivity contribution is 7.78. The third-order valence-electron chi connectivity index (χ3n) is 1.82. The van der Waals surface area contributed by atoms with Crippen LogP contribution in [0.15, 0.2) is 29.3 Å². The Balaban J connectivity index is 2.94. The molecule has 0 heterocycles. The number of rotatable bonds is 3. The molecule has 0 aliphatic carbocycles. The molecule has 0 saturated carbocycles. The fourth-order valence-corrected chi connectivity index (χ4v) is 1.21. The summed E-state index contributed by atoms with van der Waals surface area (Å²) in [5, 5.41) is 2.37. The molecule has 1 aromatic rings. The second kappa shape index (κ2) is 4.75. The van der Waals surface area contributed by atoms with Crippen molar-refractivity contribution in [2.45, 2.75) is 13.0 Å². The Kier molecular flexibility index (Phi) is 3.62. The molecule has 1 atom stereocenters. The second-order valence-electron chi connectivity index (χ2n) is 2.67. The number of hydrogen-bond acceptors (Lipinski definition) is 3.